The second kappa shape index (κ2) is 5.26. The number of hydrogen-bond acceptors (Lipinski definition) is 2. The Morgan fingerprint density at radius 2 is 1.55 bits per heavy atom. The summed E-state index contributed by atoms with van der Waals surface area (Å²) >= 11 is 0. The van der Waals surface area contributed by atoms with E-state index in [9.17, 15) is 13.2 Å². The van der Waals surface area contributed by atoms with E-state index in [-0.39, 0.29) is 11.4 Å². The number of nitrogen functional groups attached to an aromatic ring is 1. The first kappa shape index (κ1) is 14.3. The van der Waals surface area contributed by atoms with Crippen LogP contribution in [-0.2, 0) is 6.18 Å². The molecule has 0 heterocycles. The monoisotopic (exact) mass is 303 g/mol. The van der Waals surface area contributed by atoms with Crippen molar-refractivity contribution in [1.29, 1.82) is 0 Å². The van der Waals surface area contributed by atoms with Gasteiger partial charge in [0.1, 0.15) is 17.1 Å². The molecule has 0 aliphatic carbocycles. The third kappa shape index (κ3) is 2.70. The van der Waals surface area contributed by atoms with Crippen molar-refractivity contribution in [1.82, 2.24) is 0 Å². The van der Waals surface area contributed by atoms with Crippen molar-refractivity contribution in [3.63, 3.8) is 0 Å². The van der Waals surface area contributed by atoms with E-state index in [1.54, 1.807) is 18.2 Å². The quantitative estimate of drug-likeness (QED) is 0.658. The van der Waals surface area contributed by atoms with Gasteiger partial charge in [-0.05, 0) is 29.7 Å². The van der Waals surface area contributed by atoms with Gasteiger partial charge in [-0.25, -0.2) is 0 Å². The van der Waals surface area contributed by atoms with Gasteiger partial charge in [0.25, 0.3) is 0 Å². The average Bonchev–Trinajstić information content (AvgIpc) is 2.48. The third-order valence-electron chi connectivity index (χ3n) is 3.28. The summed E-state index contributed by atoms with van der Waals surface area (Å²) < 4.78 is 44.9. The highest BCUT2D eigenvalue weighted by Gasteiger charge is 2.34. The van der Waals surface area contributed by atoms with Gasteiger partial charge in [0, 0.05) is 11.1 Å². The van der Waals surface area contributed by atoms with Crippen LogP contribution in [0.5, 0.6) is 11.5 Å². The molecular formula is C17H12F3NO. The van der Waals surface area contributed by atoms with Crippen LogP contribution in [-0.4, -0.2) is 0 Å². The predicted molar refractivity (Wildman–Crippen MR) is 79.9 cm³/mol. The van der Waals surface area contributed by atoms with Crippen molar-refractivity contribution in [2.45, 2.75) is 6.18 Å². The normalized spacial score (nSPS) is 11.6. The van der Waals surface area contributed by atoms with Crippen LogP contribution in [0.1, 0.15) is 5.56 Å². The Kier molecular flexibility index (Phi) is 3.41. The number of rotatable bonds is 2. The first-order valence-electron chi connectivity index (χ1n) is 6.57. The van der Waals surface area contributed by atoms with Gasteiger partial charge in [-0.3, -0.25) is 0 Å². The highest BCUT2D eigenvalue weighted by atomic mass is 19.4. The zero-order valence-corrected chi connectivity index (χ0v) is 11.4. The largest absolute Gasteiger partial charge is 0.456 e. The molecular weight excluding hydrogens is 291 g/mol. The first-order chi connectivity index (χ1) is 10.4. The van der Waals surface area contributed by atoms with Gasteiger partial charge in [-0.1, -0.05) is 36.4 Å². The zero-order valence-electron chi connectivity index (χ0n) is 11.4. The summed E-state index contributed by atoms with van der Waals surface area (Å²) in [7, 11) is 0. The van der Waals surface area contributed by atoms with E-state index < -0.39 is 11.7 Å². The molecule has 112 valence electrons. The van der Waals surface area contributed by atoms with Crippen LogP contribution in [0.15, 0.2) is 60.7 Å². The Morgan fingerprint density at radius 1 is 0.818 bits per heavy atom. The van der Waals surface area contributed by atoms with Crippen LogP contribution in [0.4, 0.5) is 18.9 Å². The van der Waals surface area contributed by atoms with Gasteiger partial charge in [0.15, 0.2) is 0 Å². The summed E-state index contributed by atoms with van der Waals surface area (Å²) in [5, 5.41) is 1.64. The van der Waals surface area contributed by atoms with Crippen LogP contribution in [0.3, 0.4) is 0 Å². The van der Waals surface area contributed by atoms with Crippen LogP contribution >= 0.6 is 0 Å². The molecule has 2 nitrogen and oxygen atoms in total. The summed E-state index contributed by atoms with van der Waals surface area (Å²) in [4.78, 5) is 0. The molecule has 0 unspecified atom stereocenters. The SMILES string of the molecule is Nc1ccc(Oc2cccc3ccccc23)c(C(F)(F)F)c1. The zero-order chi connectivity index (χ0) is 15.7. The summed E-state index contributed by atoms with van der Waals surface area (Å²) in [5.41, 5.74) is 4.60. The fourth-order valence-corrected chi connectivity index (χ4v) is 2.26. The summed E-state index contributed by atoms with van der Waals surface area (Å²) in [5.74, 6) is 0.103. The highest BCUT2D eigenvalue weighted by Crippen LogP contribution is 2.40. The smallest absolute Gasteiger partial charge is 0.420 e. The Labute approximate surface area is 124 Å². The average molecular weight is 303 g/mol. The lowest BCUT2D eigenvalue weighted by atomic mass is 10.1. The van der Waals surface area contributed by atoms with Crippen molar-refractivity contribution in [2.75, 3.05) is 5.73 Å². The fourth-order valence-electron chi connectivity index (χ4n) is 2.26. The number of ether oxygens (including phenoxy) is 1. The number of anilines is 1. The van der Waals surface area contributed by atoms with E-state index in [2.05, 4.69) is 0 Å². The second-order valence-corrected chi connectivity index (χ2v) is 4.83. The van der Waals surface area contributed by atoms with E-state index in [1.807, 2.05) is 24.3 Å². The molecule has 0 bridgehead atoms. The van der Waals surface area contributed by atoms with E-state index in [0.717, 1.165) is 16.8 Å². The minimum Gasteiger partial charge on any atom is -0.456 e. The number of alkyl halides is 3. The van der Waals surface area contributed by atoms with E-state index in [4.69, 9.17) is 10.5 Å². The van der Waals surface area contributed by atoms with Crippen molar-refractivity contribution >= 4 is 16.5 Å². The molecule has 0 saturated heterocycles. The lowest BCUT2D eigenvalue weighted by Crippen LogP contribution is -2.08. The van der Waals surface area contributed by atoms with E-state index in [0.29, 0.717) is 5.75 Å². The van der Waals surface area contributed by atoms with Gasteiger partial charge in [-0.15, -0.1) is 0 Å². The van der Waals surface area contributed by atoms with Crippen LogP contribution < -0.4 is 10.5 Å². The van der Waals surface area contributed by atoms with Crippen molar-refractivity contribution in [2.24, 2.45) is 0 Å². The number of halogens is 3. The molecule has 3 aromatic carbocycles. The summed E-state index contributed by atoms with van der Waals surface area (Å²) in [6.45, 7) is 0. The maximum absolute atomic E-state index is 13.1. The van der Waals surface area contributed by atoms with Crippen LogP contribution in [0.2, 0.25) is 0 Å². The van der Waals surface area contributed by atoms with Gasteiger partial charge in [-0.2, -0.15) is 13.2 Å². The Bertz CT molecular complexity index is 822. The summed E-state index contributed by atoms with van der Waals surface area (Å²) in [6.07, 6.45) is -4.53. The topological polar surface area (TPSA) is 35.2 Å². The van der Waals surface area contributed by atoms with Crippen molar-refractivity contribution in [3.8, 4) is 11.5 Å². The Balaban J connectivity index is 2.10. The highest BCUT2D eigenvalue weighted by molar-refractivity contribution is 5.88. The molecule has 0 spiro atoms. The molecule has 0 aromatic heterocycles. The minimum atomic E-state index is -4.53. The molecule has 0 amide bonds. The Morgan fingerprint density at radius 3 is 2.32 bits per heavy atom. The molecule has 0 fully saturated rings. The molecule has 0 atom stereocenters. The lowest BCUT2D eigenvalue weighted by molar-refractivity contribution is -0.138. The Hall–Kier alpha value is -2.69. The molecule has 0 aliphatic heterocycles. The van der Waals surface area contributed by atoms with E-state index >= 15 is 0 Å². The standard InChI is InChI=1S/C17H12F3NO/c18-17(19,20)14-10-12(21)8-9-16(14)22-15-7-3-5-11-4-1-2-6-13(11)15/h1-10H,21H2. The maximum atomic E-state index is 13.1. The number of hydrogen-bond donors (Lipinski definition) is 1. The molecule has 0 aliphatic rings. The molecule has 3 rings (SSSR count). The van der Waals surface area contributed by atoms with Gasteiger partial charge in [0.05, 0.1) is 0 Å². The van der Waals surface area contributed by atoms with Gasteiger partial charge in [0.2, 0.25) is 0 Å². The molecule has 3 aromatic rings. The molecule has 0 radical (unpaired) electrons. The first-order valence-corrected chi connectivity index (χ1v) is 6.57. The molecule has 2 N–H and O–H groups in total. The maximum Gasteiger partial charge on any atom is 0.420 e. The van der Waals surface area contributed by atoms with Crippen LogP contribution in [0, 0.1) is 0 Å². The summed E-state index contributed by atoms with van der Waals surface area (Å²) in [6, 6.07) is 16.1. The number of benzene rings is 3. The molecule has 22 heavy (non-hydrogen) atoms. The van der Waals surface area contributed by atoms with Crippen LogP contribution in [0.25, 0.3) is 10.8 Å². The second-order valence-electron chi connectivity index (χ2n) is 4.83. The predicted octanol–water partition coefficient (Wildman–Crippen LogP) is 5.23. The number of fused-ring (bicyclic) bond motifs is 1. The molecule has 5 heteroatoms. The van der Waals surface area contributed by atoms with Gasteiger partial charge >= 0.3 is 6.18 Å². The number of nitrogens with two attached hydrogens (primary N) is 1. The minimum absolute atomic E-state index is 0.0394. The molecule has 0 saturated carbocycles. The van der Waals surface area contributed by atoms with Crippen molar-refractivity contribution < 1.29 is 17.9 Å². The lowest BCUT2D eigenvalue weighted by Gasteiger charge is -2.15. The fraction of sp³-hybridized carbons (Fsp3) is 0.0588. The van der Waals surface area contributed by atoms with Crippen molar-refractivity contribution in [3.05, 3.63) is 66.2 Å². The third-order valence-corrected chi connectivity index (χ3v) is 3.28. The van der Waals surface area contributed by atoms with E-state index in [1.165, 1.54) is 12.1 Å². The van der Waals surface area contributed by atoms with Gasteiger partial charge < -0.3 is 10.5 Å².